The van der Waals surface area contributed by atoms with Gasteiger partial charge in [0.05, 0.1) is 32.5 Å². The molecule has 0 aliphatic carbocycles. The van der Waals surface area contributed by atoms with Crippen LogP contribution >= 0.6 is 0 Å². The molecule has 4 rings (SSSR count). The van der Waals surface area contributed by atoms with Gasteiger partial charge in [-0.1, -0.05) is 111 Å². The van der Waals surface area contributed by atoms with Crippen molar-refractivity contribution in [2.45, 2.75) is 76.2 Å². The molecular formula is C31H38O6. The third kappa shape index (κ3) is 7.48. The molecule has 1 heterocycles. The first-order valence-electron chi connectivity index (χ1n) is 13.1. The van der Waals surface area contributed by atoms with Crippen LogP contribution in [-0.4, -0.2) is 47.0 Å². The highest BCUT2D eigenvalue weighted by Gasteiger charge is 2.55. The standard InChI is InChI=1S/C31H38O6/c1-2-3-19-27-28(34-20-24-13-7-4-8-14-24)29(35-21-25-15-9-5-10-16-25)30(31(33,23-32)37-27)36-22-26-17-11-6-12-18-26/h4-18,27-30,32-33H,2-3,19-23H2,1H3. The molecule has 0 saturated carbocycles. The molecule has 0 radical (unpaired) electrons. The van der Waals surface area contributed by atoms with Crippen molar-refractivity contribution in [2.24, 2.45) is 0 Å². The Balaban J connectivity index is 1.63. The van der Waals surface area contributed by atoms with Crippen LogP contribution in [0.2, 0.25) is 0 Å². The smallest absolute Gasteiger partial charge is 0.219 e. The Morgan fingerprint density at radius 3 is 1.62 bits per heavy atom. The maximum Gasteiger partial charge on any atom is 0.219 e. The quantitative estimate of drug-likeness (QED) is 0.339. The number of hydrogen-bond acceptors (Lipinski definition) is 6. The summed E-state index contributed by atoms with van der Waals surface area (Å²) in [4.78, 5) is 0. The summed E-state index contributed by atoms with van der Waals surface area (Å²) in [6, 6.07) is 29.5. The van der Waals surface area contributed by atoms with E-state index in [9.17, 15) is 10.2 Å². The number of rotatable bonds is 13. The van der Waals surface area contributed by atoms with Crippen LogP contribution in [0.5, 0.6) is 0 Å². The Labute approximate surface area is 219 Å². The second-order valence-corrected chi connectivity index (χ2v) is 9.54. The largest absolute Gasteiger partial charge is 0.391 e. The van der Waals surface area contributed by atoms with Crippen molar-refractivity contribution in [1.29, 1.82) is 0 Å². The number of aliphatic hydroxyl groups excluding tert-OH is 1. The van der Waals surface area contributed by atoms with Crippen LogP contribution in [0.1, 0.15) is 42.9 Å². The van der Waals surface area contributed by atoms with Crippen LogP contribution in [-0.2, 0) is 38.8 Å². The molecule has 6 heteroatoms. The molecule has 1 aliphatic heterocycles. The number of unbranched alkanes of at least 4 members (excludes halogenated alkanes) is 1. The van der Waals surface area contributed by atoms with Gasteiger partial charge in [0.2, 0.25) is 5.79 Å². The lowest BCUT2D eigenvalue weighted by molar-refractivity contribution is -0.374. The molecule has 0 amide bonds. The molecule has 5 unspecified atom stereocenters. The minimum absolute atomic E-state index is 0.230. The lowest BCUT2D eigenvalue weighted by Crippen LogP contribution is -2.67. The lowest BCUT2D eigenvalue weighted by Gasteiger charge is -2.50. The van der Waals surface area contributed by atoms with Gasteiger partial charge in [0.1, 0.15) is 18.3 Å². The number of hydrogen-bond donors (Lipinski definition) is 2. The zero-order valence-electron chi connectivity index (χ0n) is 21.4. The van der Waals surface area contributed by atoms with E-state index in [-0.39, 0.29) is 6.61 Å². The third-order valence-corrected chi connectivity index (χ3v) is 6.70. The van der Waals surface area contributed by atoms with E-state index >= 15 is 0 Å². The number of ether oxygens (including phenoxy) is 4. The van der Waals surface area contributed by atoms with E-state index in [1.165, 1.54) is 0 Å². The Morgan fingerprint density at radius 2 is 1.16 bits per heavy atom. The Morgan fingerprint density at radius 1 is 0.703 bits per heavy atom. The SMILES string of the molecule is CCCCC1OC(O)(CO)C(OCc2ccccc2)C(OCc2ccccc2)C1OCc1ccccc1. The molecule has 6 nitrogen and oxygen atoms in total. The molecule has 3 aromatic carbocycles. The van der Waals surface area contributed by atoms with Crippen molar-refractivity contribution < 1.29 is 29.2 Å². The summed E-state index contributed by atoms with van der Waals surface area (Å²) in [6.45, 7) is 2.39. The zero-order chi connectivity index (χ0) is 25.9. The molecule has 5 atom stereocenters. The highest BCUT2D eigenvalue weighted by atomic mass is 16.7. The third-order valence-electron chi connectivity index (χ3n) is 6.70. The van der Waals surface area contributed by atoms with Crippen LogP contribution in [0.25, 0.3) is 0 Å². The fraction of sp³-hybridized carbons (Fsp3) is 0.419. The van der Waals surface area contributed by atoms with Crippen LogP contribution in [0, 0.1) is 0 Å². The highest BCUT2D eigenvalue weighted by Crippen LogP contribution is 2.37. The topological polar surface area (TPSA) is 77.4 Å². The van der Waals surface area contributed by atoms with Gasteiger partial charge in [-0.3, -0.25) is 0 Å². The average molecular weight is 507 g/mol. The molecule has 1 aliphatic rings. The van der Waals surface area contributed by atoms with Gasteiger partial charge in [0, 0.05) is 0 Å². The molecule has 3 aromatic rings. The molecule has 37 heavy (non-hydrogen) atoms. The van der Waals surface area contributed by atoms with Gasteiger partial charge < -0.3 is 29.2 Å². The summed E-state index contributed by atoms with van der Waals surface area (Å²) in [5.41, 5.74) is 2.97. The Kier molecular flexibility index (Phi) is 10.3. The number of aliphatic hydroxyl groups is 2. The molecular weight excluding hydrogens is 468 g/mol. The van der Waals surface area contributed by atoms with E-state index in [0.717, 1.165) is 29.5 Å². The minimum atomic E-state index is -1.93. The first-order chi connectivity index (χ1) is 18.1. The maximum atomic E-state index is 11.5. The first-order valence-corrected chi connectivity index (χ1v) is 13.1. The van der Waals surface area contributed by atoms with E-state index in [0.29, 0.717) is 19.6 Å². The zero-order valence-corrected chi connectivity index (χ0v) is 21.4. The van der Waals surface area contributed by atoms with Crippen molar-refractivity contribution in [2.75, 3.05) is 6.61 Å². The van der Waals surface area contributed by atoms with E-state index in [1.54, 1.807) is 0 Å². The van der Waals surface area contributed by atoms with E-state index < -0.39 is 36.8 Å². The highest BCUT2D eigenvalue weighted by molar-refractivity contribution is 5.16. The van der Waals surface area contributed by atoms with E-state index in [1.807, 2.05) is 91.0 Å². The van der Waals surface area contributed by atoms with Gasteiger partial charge in [-0.15, -0.1) is 0 Å². The monoisotopic (exact) mass is 506 g/mol. The molecule has 0 aromatic heterocycles. The Hall–Kier alpha value is -2.58. The van der Waals surface area contributed by atoms with Crippen molar-refractivity contribution in [3.05, 3.63) is 108 Å². The fourth-order valence-electron chi connectivity index (χ4n) is 4.70. The second kappa shape index (κ2) is 13.8. The van der Waals surface area contributed by atoms with E-state index in [2.05, 4.69) is 6.92 Å². The van der Waals surface area contributed by atoms with Crippen molar-refractivity contribution in [1.82, 2.24) is 0 Å². The van der Waals surface area contributed by atoms with Crippen molar-refractivity contribution in [3.8, 4) is 0 Å². The average Bonchev–Trinajstić information content (AvgIpc) is 2.95. The Bertz CT molecular complexity index is 1030. The molecule has 1 saturated heterocycles. The second-order valence-electron chi connectivity index (χ2n) is 9.54. The molecule has 0 spiro atoms. The van der Waals surface area contributed by atoms with Crippen molar-refractivity contribution in [3.63, 3.8) is 0 Å². The van der Waals surface area contributed by atoms with Crippen LogP contribution in [0.3, 0.4) is 0 Å². The molecule has 2 N–H and O–H groups in total. The normalized spacial score (nSPS) is 25.7. The lowest BCUT2D eigenvalue weighted by atomic mass is 9.89. The number of benzene rings is 3. The van der Waals surface area contributed by atoms with Gasteiger partial charge in [-0.2, -0.15) is 0 Å². The first kappa shape index (κ1) is 27.5. The van der Waals surface area contributed by atoms with Crippen LogP contribution < -0.4 is 0 Å². The fourth-order valence-corrected chi connectivity index (χ4v) is 4.70. The summed E-state index contributed by atoms with van der Waals surface area (Å²) in [7, 11) is 0. The molecule has 1 fully saturated rings. The van der Waals surface area contributed by atoms with Gasteiger partial charge in [-0.05, 0) is 23.1 Å². The summed E-state index contributed by atoms with van der Waals surface area (Å²) < 4.78 is 25.4. The van der Waals surface area contributed by atoms with Gasteiger partial charge in [-0.25, -0.2) is 0 Å². The van der Waals surface area contributed by atoms with Gasteiger partial charge in [0.15, 0.2) is 0 Å². The summed E-state index contributed by atoms with van der Waals surface area (Å²) >= 11 is 0. The van der Waals surface area contributed by atoms with Gasteiger partial charge >= 0.3 is 0 Å². The van der Waals surface area contributed by atoms with Crippen molar-refractivity contribution >= 4 is 0 Å². The summed E-state index contributed by atoms with van der Waals surface area (Å²) in [5.74, 6) is -1.93. The van der Waals surface area contributed by atoms with E-state index in [4.69, 9.17) is 18.9 Å². The summed E-state index contributed by atoms with van der Waals surface area (Å²) in [5, 5.41) is 21.8. The predicted octanol–water partition coefficient (Wildman–Crippen LogP) is 5.01. The van der Waals surface area contributed by atoms with Crippen LogP contribution in [0.15, 0.2) is 91.0 Å². The van der Waals surface area contributed by atoms with Crippen LogP contribution in [0.4, 0.5) is 0 Å². The molecule has 198 valence electrons. The minimum Gasteiger partial charge on any atom is -0.391 e. The predicted molar refractivity (Wildman–Crippen MR) is 141 cm³/mol. The van der Waals surface area contributed by atoms with Gasteiger partial charge in [0.25, 0.3) is 0 Å². The maximum absolute atomic E-state index is 11.5. The molecule has 0 bridgehead atoms. The summed E-state index contributed by atoms with van der Waals surface area (Å²) in [6.07, 6.45) is -0.124.